The zero-order chi connectivity index (χ0) is 13.2. The fraction of sp³-hybridized carbons (Fsp3) is 0. The molecule has 90 valence electrons. The molecule has 0 spiro atoms. The minimum atomic E-state index is 0.0723. The van der Waals surface area contributed by atoms with E-state index in [1.807, 2.05) is 36.4 Å². The Balaban J connectivity index is 2.20. The molecule has 3 heteroatoms. The van der Waals surface area contributed by atoms with Crippen LogP contribution < -0.4 is 5.43 Å². The molecule has 0 saturated heterocycles. The van der Waals surface area contributed by atoms with E-state index in [0.29, 0.717) is 5.56 Å². The van der Waals surface area contributed by atoms with E-state index < -0.39 is 0 Å². The number of fused-ring (bicyclic) bond motifs is 1. The van der Waals surface area contributed by atoms with Crippen molar-refractivity contribution in [3.63, 3.8) is 0 Å². The summed E-state index contributed by atoms with van der Waals surface area (Å²) < 4.78 is 2.20. The molecule has 0 aliphatic carbocycles. The zero-order valence-corrected chi connectivity index (χ0v) is 11.7. The van der Waals surface area contributed by atoms with Gasteiger partial charge in [-0.2, -0.15) is 0 Å². The second-order valence-electron chi connectivity index (χ2n) is 4.16. The Morgan fingerprint density at radius 2 is 1.74 bits per heavy atom. The van der Waals surface area contributed by atoms with Gasteiger partial charge in [-0.25, -0.2) is 0 Å². The van der Waals surface area contributed by atoms with Gasteiger partial charge in [-0.15, -0.1) is 0 Å². The fourth-order valence-corrected chi connectivity index (χ4v) is 4.23. The van der Waals surface area contributed by atoms with Crippen molar-refractivity contribution in [2.75, 3.05) is 0 Å². The molecule has 3 aromatic rings. The normalized spacial score (nSPS) is 10.3. The van der Waals surface area contributed by atoms with Crippen LogP contribution in [-0.4, -0.2) is 14.5 Å². The fourth-order valence-electron chi connectivity index (χ4n) is 1.96. The molecule has 2 nitrogen and oxygen atoms in total. The molecule has 0 N–H and O–H groups in total. The van der Waals surface area contributed by atoms with Gasteiger partial charge in [0.05, 0.1) is 0 Å². The van der Waals surface area contributed by atoms with Crippen molar-refractivity contribution in [3.8, 4) is 16.1 Å². The van der Waals surface area contributed by atoms with Crippen molar-refractivity contribution in [2.24, 2.45) is 0 Å². The molecule has 0 bridgehead atoms. The molecule has 19 heavy (non-hydrogen) atoms. The molecule has 0 amide bonds. The van der Waals surface area contributed by atoms with E-state index in [4.69, 9.17) is 5.26 Å². The average Bonchev–Trinajstić information content (AvgIpc) is 2.47. The summed E-state index contributed by atoms with van der Waals surface area (Å²) in [6.07, 6.45) is 0. The SMILES string of the molecule is N#Cc1ccc(-c2cc(=O)c3ccccc3[se]2)cc1. The summed E-state index contributed by atoms with van der Waals surface area (Å²) in [5, 5.41) is 9.62. The molecule has 0 unspecified atom stereocenters. The number of benzene rings is 2. The Kier molecular flexibility index (Phi) is 3.05. The van der Waals surface area contributed by atoms with Gasteiger partial charge in [0.2, 0.25) is 0 Å². The van der Waals surface area contributed by atoms with E-state index >= 15 is 0 Å². The summed E-state index contributed by atoms with van der Waals surface area (Å²) in [6.45, 7) is 0. The number of rotatable bonds is 1. The van der Waals surface area contributed by atoms with Crippen LogP contribution >= 0.6 is 0 Å². The van der Waals surface area contributed by atoms with Crippen molar-refractivity contribution in [1.29, 1.82) is 5.26 Å². The Hall–Kier alpha value is -2.14. The molecule has 1 aromatic heterocycles. The van der Waals surface area contributed by atoms with Crippen molar-refractivity contribution in [1.82, 2.24) is 0 Å². The Morgan fingerprint density at radius 1 is 1.00 bits per heavy atom. The summed E-state index contributed by atoms with van der Waals surface area (Å²) in [5.41, 5.74) is 1.74. The molecule has 0 radical (unpaired) electrons. The van der Waals surface area contributed by atoms with Gasteiger partial charge in [0.15, 0.2) is 0 Å². The first-order chi connectivity index (χ1) is 9.28. The maximum atomic E-state index is 12.1. The summed E-state index contributed by atoms with van der Waals surface area (Å²) in [7, 11) is 0. The van der Waals surface area contributed by atoms with Gasteiger partial charge >= 0.3 is 116 Å². The van der Waals surface area contributed by atoms with Crippen LogP contribution in [0.3, 0.4) is 0 Å². The number of hydrogen-bond acceptors (Lipinski definition) is 2. The van der Waals surface area contributed by atoms with Crippen LogP contribution in [0, 0.1) is 11.3 Å². The van der Waals surface area contributed by atoms with E-state index in [1.54, 1.807) is 18.2 Å². The molecule has 0 aliphatic heterocycles. The van der Waals surface area contributed by atoms with Gasteiger partial charge in [-0.3, -0.25) is 0 Å². The van der Waals surface area contributed by atoms with E-state index in [-0.39, 0.29) is 19.9 Å². The van der Waals surface area contributed by atoms with Gasteiger partial charge in [0, 0.05) is 0 Å². The summed E-state index contributed by atoms with van der Waals surface area (Å²) in [4.78, 5) is 12.1. The second-order valence-corrected chi connectivity index (χ2v) is 6.43. The average molecular weight is 310 g/mol. The molecular weight excluding hydrogens is 301 g/mol. The maximum absolute atomic E-state index is 12.1. The molecule has 1 heterocycles. The van der Waals surface area contributed by atoms with Crippen LogP contribution in [0.2, 0.25) is 0 Å². The third-order valence-electron chi connectivity index (χ3n) is 2.93. The predicted molar refractivity (Wildman–Crippen MR) is 77.3 cm³/mol. The van der Waals surface area contributed by atoms with E-state index in [2.05, 4.69) is 6.07 Å². The Labute approximate surface area is 116 Å². The summed E-state index contributed by atoms with van der Waals surface area (Å²) in [5.74, 6) is 0. The van der Waals surface area contributed by atoms with Gasteiger partial charge in [0.25, 0.3) is 0 Å². The van der Waals surface area contributed by atoms with Crippen LogP contribution in [0.4, 0.5) is 0 Å². The van der Waals surface area contributed by atoms with Crippen LogP contribution in [0.15, 0.2) is 59.4 Å². The van der Waals surface area contributed by atoms with Crippen LogP contribution in [0.1, 0.15) is 5.56 Å². The van der Waals surface area contributed by atoms with E-state index in [0.717, 1.165) is 19.6 Å². The Bertz CT molecular complexity index is 841. The molecule has 0 saturated carbocycles. The van der Waals surface area contributed by atoms with Gasteiger partial charge in [-0.05, 0) is 0 Å². The van der Waals surface area contributed by atoms with E-state index in [9.17, 15) is 4.79 Å². The molecule has 0 aliphatic rings. The van der Waals surface area contributed by atoms with Crippen molar-refractivity contribution < 1.29 is 0 Å². The first-order valence-corrected chi connectivity index (χ1v) is 7.53. The van der Waals surface area contributed by atoms with Crippen molar-refractivity contribution in [2.45, 2.75) is 0 Å². The molecule has 3 rings (SSSR count). The van der Waals surface area contributed by atoms with Gasteiger partial charge in [0.1, 0.15) is 0 Å². The molecule has 2 aromatic carbocycles. The monoisotopic (exact) mass is 311 g/mol. The molecule has 0 fully saturated rings. The Morgan fingerprint density at radius 3 is 2.47 bits per heavy atom. The van der Waals surface area contributed by atoms with E-state index in [1.165, 1.54) is 0 Å². The zero-order valence-electron chi connectivity index (χ0n) is 9.96. The topological polar surface area (TPSA) is 40.9 Å². The van der Waals surface area contributed by atoms with Crippen LogP contribution in [-0.2, 0) is 0 Å². The first kappa shape index (κ1) is 11.9. The van der Waals surface area contributed by atoms with Crippen molar-refractivity contribution >= 4 is 24.1 Å². The quantitative estimate of drug-likeness (QED) is 0.649. The molecular formula is C16H9NOSe. The number of nitriles is 1. The minimum absolute atomic E-state index is 0.0723. The van der Waals surface area contributed by atoms with Gasteiger partial charge in [-0.1, -0.05) is 0 Å². The van der Waals surface area contributed by atoms with Crippen molar-refractivity contribution in [3.05, 3.63) is 70.4 Å². The first-order valence-electron chi connectivity index (χ1n) is 5.81. The standard InChI is InChI=1S/C16H9NOSe/c17-10-11-5-7-12(8-6-11)16-9-14(18)13-3-1-2-4-15(13)19-16/h1-9H. The number of nitrogens with zero attached hydrogens (tertiary/aromatic N) is 1. The third-order valence-corrected chi connectivity index (χ3v) is 5.34. The second kappa shape index (κ2) is 4.85. The summed E-state index contributed by atoms with van der Waals surface area (Å²) in [6, 6.07) is 19.0. The van der Waals surface area contributed by atoms with Gasteiger partial charge < -0.3 is 0 Å². The van der Waals surface area contributed by atoms with Crippen LogP contribution in [0.25, 0.3) is 19.6 Å². The number of hydrogen-bond donors (Lipinski definition) is 0. The third kappa shape index (κ3) is 2.24. The predicted octanol–water partition coefficient (Wildman–Crippen LogP) is 2.80. The van der Waals surface area contributed by atoms with Crippen LogP contribution in [0.5, 0.6) is 0 Å². The summed E-state index contributed by atoms with van der Waals surface area (Å²) >= 11 is 0.138. The molecule has 0 atom stereocenters.